The normalized spacial score (nSPS) is 14.5. The van der Waals surface area contributed by atoms with Crippen LogP contribution in [0.1, 0.15) is 44.8 Å². The number of hydrogen-bond acceptors (Lipinski definition) is 9. The highest BCUT2D eigenvalue weighted by molar-refractivity contribution is 6.30. The van der Waals surface area contributed by atoms with Gasteiger partial charge in [-0.2, -0.15) is 34.5 Å². The summed E-state index contributed by atoms with van der Waals surface area (Å²) in [5.74, 6) is -3.67. The Balaban J connectivity index is 2.03. The first kappa shape index (κ1) is 29.1. The zero-order valence-electron chi connectivity index (χ0n) is 22.3. The summed E-state index contributed by atoms with van der Waals surface area (Å²) in [7, 11) is 0. The number of nitriles is 5. The molecule has 0 radical (unpaired) electrons. The van der Waals surface area contributed by atoms with E-state index in [1.807, 2.05) is 12.1 Å². The number of allylic oxidation sites excluding steroid dienone is 7. The van der Waals surface area contributed by atoms with Crippen LogP contribution in [0.3, 0.4) is 0 Å². The molecule has 0 aliphatic heterocycles. The van der Waals surface area contributed by atoms with Gasteiger partial charge in [0.15, 0.2) is 0 Å². The molecule has 0 saturated heterocycles. The molecule has 3 aromatic rings. The van der Waals surface area contributed by atoms with Crippen molar-refractivity contribution in [3.63, 3.8) is 0 Å². The molecule has 2 heterocycles. The molecular weight excluding hydrogens is 592 g/mol. The van der Waals surface area contributed by atoms with Crippen molar-refractivity contribution in [3.05, 3.63) is 132 Å². The molecular formula is C31H3F2N13. The molecule has 2 aliphatic rings. The van der Waals surface area contributed by atoms with Gasteiger partial charge in [-0.25, -0.2) is 30.0 Å². The Hall–Kier alpha value is -8.39. The van der Waals surface area contributed by atoms with E-state index in [2.05, 4.69) is 39.3 Å². The number of nitrogens with zero attached hydrogens (tertiary/aromatic N) is 13. The van der Waals surface area contributed by atoms with Crippen molar-refractivity contribution < 1.29 is 8.78 Å². The summed E-state index contributed by atoms with van der Waals surface area (Å²) in [5, 5.41) is 49.7. The van der Waals surface area contributed by atoms with Crippen LogP contribution in [0.2, 0.25) is 0 Å². The minimum Gasteiger partial charge on any atom is -0.394 e. The van der Waals surface area contributed by atoms with Gasteiger partial charge in [-0.05, 0) is 28.3 Å². The van der Waals surface area contributed by atoms with Gasteiger partial charge in [-0.15, -0.1) is 11.6 Å². The van der Waals surface area contributed by atoms with E-state index in [0.29, 0.717) is 0 Å². The van der Waals surface area contributed by atoms with Crippen LogP contribution >= 0.6 is 0 Å². The van der Waals surface area contributed by atoms with Gasteiger partial charge >= 0.3 is 5.95 Å². The second kappa shape index (κ2) is 11.1. The fourth-order valence-electron chi connectivity index (χ4n) is 5.13. The van der Waals surface area contributed by atoms with Crippen LogP contribution in [0, 0.1) is 94.8 Å². The third kappa shape index (κ3) is 3.97. The molecule has 206 valence electrons. The minimum absolute atomic E-state index is 0.135. The third-order valence-corrected chi connectivity index (χ3v) is 6.79. The van der Waals surface area contributed by atoms with E-state index < -0.39 is 57.4 Å². The monoisotopic (exact) mass is 595 g/mol. The summed E-state index contributed by atoms with van der Waals surface area (Å²) < 4.78 is 30.6. The molecule has 0 amide bonds. The van der Waals surface area contributed by atoms with E-state index >= 15 is 8.78 Å². The predicted octanol–water partition coefficient (Wildman–Crippen LogP) is 5.40. The van der Waals surface area contributed by atoms with Crippen LogP contribution in [-0.2, 0) is 0 Å². The van der Waals surface area contributed by atoms with E-state index in [0.717, 1.165) is 12.4 Å². The molecule has 0 fully saturated rings. The molecule has 0 saturated carbocycles. The summed E-state index contributed by atoms with van der Waals surface area (Å²) in [6.07, 6.45) is 1.75. The lowest BCUT2D eigenvalue weighted by molar-refractivity contribution is 0.573. The fourth-order valence-corrected chi connectivity index (χ4v) is 5.13. The lowest BCUT2D eigenvalue weighted by Gasteiger charge is -2.14. The van der Waals surface area contributed by atoms with Crippen molar-refractivity contribution in [2.75, 3.05) is 0 Å². The van der Waals surface area contributed by atoms with Gasteiger partial charge in [0.25, 0.3) is 17.3 Å². The van der Waals surface area contributed by atoms with Crippen LogP contribution in [0.4, 0.5) is 14.7 Å². The average molecular weight is 595 g/mol. The molecule has 0 N–H and O–H groups in total. The number of fused-ring (bicyclic) bond motifs is 2. The molecule has 0 atom stereocenters. The van der Waals surface area contributed by atoms with Gasteiger partial charge in [0, 0.05) is 28.5 Å². The second-order valence-electron chi connectivity index (χ2n) is 8.80. The highest BCUT2D eigenvalue weighted by atomic mass is 19.1. The van der Waals surface area contributed by atoms with Gasteiger partial charge in [-0.3, -0.25) is 0 Å². The van der Waals surface area contributed by atoms with E-state index in [4.69, 9.17) is 31.6 Å². The Kier molecular flexibility index (Phi) is 7.04. The van der Waals surface area contributed by atoms with Gasteiger partial charge in [0.05, 0.1) is 66.4 Å². The van der Waals surface area contributed by atoms with E-state index in [1.54, 1.807) is 18.2 Å². The maximum absolute atomic E-state index is 15.3. The average Bonchev–Trinajstić information content (AvgIpc) is 3.57. The first-order chi connectivity index (χ1) is 22.3. The molecule has 15 heteroatoms. The Bertz CT molecular complexity index is 2510. The van der Waals surface area contributed by atoms with Crippen molar-refractivity contribution in [2.24, 2.45) is 0 Å². The SMILES string of the molecule is [C-]#[N+]C1=C(c2cnc([N+]#[C-])nc2F)/C(=C(/C#N)[N+]#[C-])c2cc3c(c(C#N)c21)/C(=C(/C#N)[N+]#[C-])C(c1cnc(C#N)nc1F)=C3C#N. The van der Waals surface area contributed by atoms with Crippen molar-refractivity contribution >= 4 is 39.5 Å². The zero-order valence-corrected chi connectivity index (χ0v) is 22.3. The van der Waals surface area contributed by atoms with Crippen LogP contribution < -0.4 is 0 Å². The highest BCUT2D eigenvalue weighted by Crippen LogP contribution is 2.57. The van der Waals surface area contributed by atoms with Crippen molar-refractivity contribution in [2.45, 2.75) is 0 Å². The Morgan fingerprint density at radius 1 is 0.674 bits per heavy atom. The van der Waals surface area contributed by atoms with E-state index in [-0.39, 0.29) is 50.1 Å². The van der Waals surface area contributed by atoms with Crippen LogP contribution in [0.5, 0.6) is 0 Å². The lowest BCUT2D eigenvalue weighted by Crippen LogP contribution is -2.02. The van der Waals surface area contributed by atoms with E-state index in [1.165, 1.54) is 6.07 Å². The smallest absolute Gasteiger partial charge is 0.374 e. The summed E-state index contributed by atoms with van der Waals surface area (Å²) in [6.45, 7) is 30.3. The fraction of sp³-hybridized carbons (Fsp3) is 0. The summed E-state index contributed by atoms with van der Waals surface area (Å²) >= 11 is 0. The molecule has 1 aromatic carbocycles. The maximum Gasteiger partial charge on any atom is 0.374 e. The predicted molar refractivity (Wildman–Crippen MR) is 150 cm³/mol. The zero-order chi connectivity index (χ0) is 33.3. The van der Waals surface area contributed by atoms with Crippen molar-refractivity contribution in [1.29, 1.82) is 26.3 Å². The van der Waals surface area contributed by atoms with Crippen LogP contribution in [-0.4, -0.2) is 19.9 Å². The molecule has 2 aromatic heterocycles. The number of benzene rings is 1. The molecule has 2 aliphatic carbocycles. The minimum atomic E-state index is -1.28. The molecule has 5 rings (SSSR count). The van der Waals surface area contributed by atoms with Crippen LogP contribution in [0.15, 0.2) is 29.9 Å². The van der Waals surface area contributed by atoms with Crippen molar-refractivity contribution in [1.82, 2.24) is 19.9 Å². The summed E-state index contributed by atoms with van der Waals surface area (Å²) in [4.78, 5) is 27.2. The second-order valence-corrected chi connectivity index (χ2v) is 8.80. The summed E-state index contributed by atoms with van der Waals surface area (Å²) in [5.41, 5.74) is -5.67. The number of hydrogen-bond donors (Lipinski definition) is 0. The lowest BCUT2D eigenvalue weighted by atomic mass is 9.88. The standard InChI is InChI=1S/C31H3F2N13/c1-39-19(8-36)25-14-5-13-15(6-34)23(17-11-43-21(10-38)45-29(17)32)27(20(9-37)40-2)22(13)16(7-35)24(14)28(41-3)26(25)18-12-44-31(42-4)46-30(18)33/h5,11-12H/b25-19-,27-20+. The van der Waals surface area contributed by atoms with Gasteiger partial charge < -0.3 is 4.85 Å². The first-order valence-corrected chi connectivity index (χ1v) is 12.0. The maximum atomic E-state index is 15.3. The molecule has 0 unspecified atom stereocenters. The number of halogens is 2. The van der Waals surface area contributed by atoms with Crippen LogP contribution in [0.25, 0.3) is 52.9 Å². The molecule has 13 nitrogen and oxygen atoms in total. The highest BCUT2D eigenvalue weighted by Gasteiger charge is 2.41. The molecule has 46 heavy (non-hydrogen) atoms. The summed E-state index contributed by atoms with van der Waals surface area (Å²) in [6, 6.07) is 9.89. The molecule has 0 bridgehead atoms. The quantitative estimate of drug-likeness (QED) is 0.212. The Labute approximate surface area is 257 Å². The molecule has 0 spiro atoms. The largest absolute Gasteiger partial charge is 0.394 e. The third-order valence-electron chi connectivity index (χ3n) is 6.79. The Morgan fingerprint density at radius 2 is 1.30 bits per heavy atom. The van der Waals surface area contributed by atoms with Crippen molar-refractivity contribution in [3.8, 4) is 30.3 Å². The first-order valence-electron chi connectivity index (χ1n) is 12.0. The topological polar surface area (TPSA) is 188 Å². The van der Waals surface area contributed by atoms with Gasteiger partial charge in [0.2, 0.25) is 17.5 Å². The Morgan fingerprint density at radius 3 is 1.83 bits per heavy atom. The van der Waals surface area contributed by atoms with Gasteiger partial charge in [0.1, 0.15) is 12.1 Å². The van der Waals surface area contributed by atoms with E-state index in [9.17, 15) is 21.0 Å². The number of rotatable bonds is 2. The van der Waals surface area contributed by atoms with Gasteiger partial charge in [-0.1, -0.05) is 0 Å². The number of aromatic nitrogens is 4.